The van der Waals surface area contributed by atoms with Gasteiger partial charge in [0.2, 0.25) is 0 Å². The van der Waals surface area contributed by atoms with Crippen molar-refractivity contribution in [3.8, 4) is 0 Å². The molecule has 8 heteroatoms. The minimum Gasteiger partial charge on any atom is -0.480 e. The number of ether oxygens (including phenoxy) is 2. The van der Waals surface area contributed by atoms with Crippen molar-refractivity contribution in [2.75, 3.05) is 20.8 Å². The average molecular weight is 274 g/mol. The molecule has 1 aliphatic heterocycles. The molecule has 0 aromatic carbocycles. The van der Waals surface area contributed by atoms with Gasteiger partial charge in [0.05, 0.1) is 13.2 Å². The second kappa shape index (κ2) is 6.37. The first kappa shape index (κ1) is 15.2. The monoisotopic (exact) mass is 274 g/mol. The standard InChI is InChI=1S/C11H18N2O6/c1-6(10(16)19-3)12-11(17)13-5-7(18-2)4-8(13)9(14)15/h6-8H,4-5H2,1-3H3,(H,12,17)(H,14,15). The van der Waals surface area contributed by atoms with E-state index in [9.17, 15) is 14.4 Å². The van der Waals surface area contributed by atoms with Crippen molar-refractivity contribution < 1.29 is 29.0 Å². The summed E-state index contributed by atoms with van der Waals surface area (Å²) in [4.78, 5) is 35.4. The van der Waals surface area contributed by atoms with E-state index in [1.807, 2.05) is 0 Å². The molecule has 3 atom stereocenters. The molecule has 0 spiro atoms. The molecule has 0 aliphatic carbocycles. The molecule has 0 bridgehead atoms. The third kappa shape index (κ3) is 3.57. The van der Waals surface area contributed by atoms with Crippen LogP contribution in [0.4, 0.5) is 4.79 Å². The predicted molar refractivity (Wildman–Crippen MR) is 63.6 cm³/mol. The third-order valence-corrected chi connectivity index (χ3v) is 3.04. The molecule has 19 heavy (non-hydrogen) atoms. The molecule has 0 aromatic heterocycles. The molecule has 1 aliphatic rings. The van der Waals surface area contributed by atoms with E-state index >= 15 is 0 Å². The molecule has 1 rings (SSSR count). The molecule has 1 heterocycles. The number of hydrogen-bond acceptors (Lipinski definition) is 5. The lowest BCUT2D eigenvalue weighted by Crippen LogP contribution is -2.50. The number of methoxy groups -OCH3 is 2. The number of aliphatic carboxylic acids is 1. The zero-order valence-electron chi connectivity index (χ0n) is 11.1. The van der Waals surface area contributed by atoms with Crippen LogP contribution in [0.1, 0.15) is 13.3 Å². The molecule has 1 saturated heterocycles. The second-order valence-electron chi connectivity index (χ2n) is 4.29. The highest BCUT2D eigenvalue weighted by Gasteiger charge is 2.40. The van der Waals surface area contributed by atoms with Crippen molar-refractivity contribution >= 4 is 18.0 Å². The van der Waals surface area contributed by atoms with Gasteiger partial charge in [0.1, 0.15) is 12.1 Å². The van der Waals surface area contributed by atoms with Gasteiger partial charge in [0.15, 0.2) is 0 Å². The maximum absolute atomic E-state index is 11.9. The van der Waals surface area contributed by atoms with E-state index in [0.717, 1.165) is 4.90 Å². The van der Waals surface area contributed by atoms with E-state index in [1.54, 1.807) is 0 Å². The number of carbonyl (C=O) groups excluding carboxylic acids is 2. The van der Waals surface area contributed by atoms with Crippen LogP contribution < -0.4 is 5.32 Å². The van der Waals surface area contributed by atoms with Crippen LogP contribution >= 0.6 is 0 Å². The Kier molecular flexibility index (Phi) is 5.11. The lowest BCUT2D eigenvalue weighted by atomic mass is 10.2. The van der Waals surface area contributed by atoms with Crippen LogP contribution in [-0.2, 0) is 19.1 Å². The quantitative estimate of drug-likeness (QED) is 0.665. The zero-order chi connectivity index (χ0) is 14.6. The molecule has 0 aromatic rings. The van der Waals surface area contributed by atoms with Crippen molar-refractivity contribution in [2.24, 2.45) is 0 Å². The Bertz CT molecular complexity index is 372. The Labute approximate surface area is 110 Å². The zero-order valence-corrected chi connectivity index (χ0v) is 11.1. The molecule has 3 unspecified atom stereocenters. The number of nitrogens with one attached hydrogen (secondary N) is 1. The molecule has 1 fully saturated rings. The van der Waals surface area contributed by atoms with Crippen molar-refractivity contribution in [3.05, 3.63) is 0 Å². The molecule has 8 nitrogen and oxygen atoms in total. The van der Waals surface area contributed by atoms with Gasteiger partial charge in [-0.2, -0.15) is 0 Å². The maximum atomic E-state index is 11.9. The highest BCUT2D eigenvalue weighted by Crippen LogP contribution is 2.20. The number of carboxylic acids is 1. The van der Waals surface area contributed by atoms with E-state index in [0.29, 0.717) is 0 Å². The molecule has 0 saturated carbocycles. The van der Waals surface area contributed by atoms with Crippen molar-refractivity contribution in [2.45, 2.75) is 31.5 Å². The number of carbonyl (C=O) groups is 3. The predicted octanol–water partition coefficient (Wildman–Crippen LogP) is -0.569. The summed E-state index contributed by atoms with van der Waals surface area (Å²) in [6.45, 7) is 1.64. The highest BCUT2D eigenvalue weighted by atomic mass is 16.5. The maximum Gasteiger partial charge on any atom is 0.328 e. The van der Waals surface area contributed by atoms with Gasteiger partial charge in [-0.25, -0.2) is 14.4 Å². The number of nitrogens with zero attached hydrogens (tertiary/aromatic N) is 1. The Morgan fingerprint density at radius 3 is 2.47 bits per heavy atom. The van der Waals surface area contributed by atoms with Crippen LogP contribution in [0.5, 0.6) is 0 Å². The Morgan fingerprint density at radius 2 is 2.00 bits per heavy atom. The first-order valence-corrected chi connectivity index (χ1v) is 5.81. The largest absolute Gasteiger partial charge is 0.480 e. The Balaban J connectivity index is 2.69. The van der Waals surface area contributed by atoms with Crippen LogP contribution in [0.15, 0.2) is 0 Å². The van der Waals surface area contributed by atoms with Crippen LogP contribution in [-0.4, -0.2) is 66.9 Å². The van der Waals surface area contributed by atoms with Gasteiger partial charge >= 0.3 is 18.0 Å². The Morgan fingerprint density at radius 1 is 1.37 bits per heavy atom. The van der Waals surface area contributed by atoms with Crippen molar-refractivity contribution in [1.82, 2.24) is 10.2 Å². The molecule has 108 valence electrons. The topological polar surface area (TPSA) is 105 Å². The fraction of sp³-hybridized carbons (Fsp3) is 0.727. The van der Waals surface area contributed by atoms with Gasteiger partial charge in [-0.15, -0.1) is 0 Å². The Hall–Kier alpha value is -1.83. The smallest absolute Gasteiger partial charge is 0.328 e. The summed E-state index contributed by atoms with van der Waals surface area (Å²) >= 11 is 0. The van der Waals surface area contributed by atoms with Crippen LogP contribution in [0.2, 0.25) is 0 Å². The minimum atomic E-state index is -1.10. The average Bonchev–Trinajstić information content (AvgIpc) is 2.81. The van der Waals surface area contributed by atoms with Crippen molar-refractivity contribution in [3.63, 3.8) is 0 Å². The first-order valence-electron chi connectivity index (χ1n) is 5.81. The fourth-order valence-electron chi connectivity index (χ4n) is 1.93. The summed E-state index contributed by atoms with van der Waals surface area (Å²) in [5.41, 5.74) is 0. The number of urea groups is 1. The summed E-state index contributed by atoms with van der Waals surface area (Å²) in [5.74, 6) is -1.69. The number of hydrogen-bond donors (Lipinski definition) is 2. The van der Waals surface area contributed by atoms with Gasteiger partial charge in [-0.1, -0.05) is 0 Å². The normalized spacial score (nSPS) is 23.8. The van der Waals surface area contributed by atoms with E-state index in [-0.39, 0.29) is 19.1 Å². The van der Waals surface area contributed by atoms with E-state index in [1.165, 1.54) is 21.1 Å². The van der Waals surface area contributed by atoms with Gasteiger partial charge < -0.3 is 24.8 Å². The van der Waals surface area contributed by atoms with Crippen LogP contribution in [0.3, 0.4) is 0 Å². The van der Waals surface area contributed by atoms with E-state index in [4.69, 9.17) is 9.84 Å². The second-order valence-corrected chi connectivity index (χ2v) is 4.29. The minimum absolute atomic E-state index is 0.174. The number of esters is 1. The fourth-order valence-corrected chi connectivity index (χ4v) is 1.93. The summed E-state index contributed by atoms with van der Waals surface area (Å²) in [7, 11) is 2.67. The van der Waals surface area contributed by atoms with Crippen LogP contribution in [0.25, 0.3) is 0 Å². The van der Waals surface area contributed by atoms with Crippen molar-refractivity contribution in [1.29, 1.82) is 0 Å². The molecule has 2 N–H and O–H groups in total. The molecular weight excluding hydrogens is 256 g/mol. The van der Waals surface area contributed by atoms with Gasteiger partial charge in [0, 0.05) is 20.1 Å². The third-order valence-electron chi connectivity index (χ3n) is 3.04. The van der Waals surface area contributed by atoms with Gasteiger partial charge in [-0.05, 0) is 6.92 Å². The summed E-state index contributed by atoms with van der Waals surface area (Å²) in [6, 6.07) is -2.41. The molecule has 2 amide bonds. The molecule has 0 radical (unpaired) electrons. The summed E-state index contributed by atoms with van der Waals surface area (Å²) in [6.07, 6.45) is -0.0911. The van der Waals surface area contributed by atoms with Gasteiger partial charge in [-0.3, -0.25) is 0 Å². The van der Waals surface area contributed by atoms with Gasteiger partial charge in [0.25, 0.3) is 0 Å². The number of carboxylic acid groups (broad SMARTS) is 1. The lowest BCUT2D eigenvalue weighted by molar-refractivity contribution is -0.142. The highest BCUT2D eigenvalue weighted by molar-refractivity contribution is 5.87. The number of likely N-dealkylation sites (tertiary alicyclic amines) is 1. The first-order chi connectivity index (χ1) is 8.90. The summed E-state index contributed by atoms with van der Waals surface area (Å²) in [5, 5.41) is 11.5. The summed E-state index contributed by atoms with van der Waals surface area (Å²) < 4.78 is 9.55. The number of rotatable bonds is 4. The number of amides is 2. The van der Waals surface area contributed by atoms with E-state index in [2.05, 4.69) is 10.1 Å². The lowest BCUT2D eigenvalue weighted by Gasteiger charge is -2.23. The SMILES string of the molecule is COC(=O)C(C)NC(=O)N1CC(OC)CC1C(=O)O. The molecular formula is C11H18N2O6. The van der Waals surface area contributed by atoms with Crippen LogP contribution in [0, 0.1) is 0 Å². The van der Waals surface area contributed by atoms with E-state index < -0.39 is 30.1 Å².